The molecule has 1 rings (SSSR count). The van der Waals surface area contributed by atoms with Crippen molar-refractivity contribution >= 4 is 94.8 Å². The topological polar surface area (TPSA) is 687 Å². The fourth-order valence-corrected chi connectivity index (χ4v) is 10.2. The lowest BCUT2D eigenvalue weighted by Gasteiger charge is -2.29. The Bertz CT molecular complexity index is 3080. The Labute approximate surface area is 601 Å². The molecule has 0 bridgehead atoms. The molecule has 104 heavy (non-hydrogen) atoms. The number of nitrogens with one attached hydrogen (secondary N) is 13. The van der Waals surface area contributed by atoms with Crippen LogP contribution in [0.25, 0.3) is 0 Å². The van der Waals surface area contributed by atoms with Gasteiger partial charge in [-0.15, -0.1) is 0 Å². The third-order valence-corrected chi connectivity index (χ3v) is 15.3. The lowest BCUT2D eigenvalue weighted by atomic mass is 9.98. The molecule has 40 heteroatoms. The van der Waals surface area contributed by atoms with E-state index in [1.807, 2.05) is 5.32 Å². The van der Waals surface area contributed by atoms with Crippen LogP contribution in [-0.2, 0) is 83.1 Å². The number of benzene rings is 1. The van der Waals surface area contributed by atoms with E-state index in [0.717, 1.165) is 0 Å². The molecule has 12 atom stereocenters. The van der Waals surface area contributed by atoms with Crippen molar-refractivity contribution in [2.45, 2.75) is 231 Å². The molecule has 0 heterocycles. The Hall–Kier alpha value is -9.74. The largest absolute Gasteiger partial charge is 0.508 e. The highest BCUT2D eigenvalue weighted by molar-refractivity contribution is 6.00. The van der Waals surface area contributed by atoms with Gasteiger partial charge in [-0.1, -0.05) is 67.5 Å². The van der Waals surface area contributed by atoms with Gasteiger partial charge in [0.1, 0.15) is 84.8 Å². The molecule has 586 valence electrons. The highest BCUT2D eigenvalue weighted by atomic mass is 16.4. The summed E-state index contributed by atoms with van der Waals surface area (Å²) in [5, 5.41) is 80.6. The quantitative estimate of drug-likeness (QED) is 0.0213. The van der Waals surface area contributed by atoms with Gasteiger partial charge in [-0.25, -0.2) is 4.79 Å². The van der Waals surface area contributed by atoms with Gasteiger partial charge in [0.15, 0.2) is 0 Å². The Kier molecular flexibility index (Phi) is 41.5. The summed E-state index contributed by atoms with van der Waals surface area (Å²) in [6.45, 7) is 15.1. The van der Waals surface area contributed by atoms with Gasteiger partial charge in [0.25, 0.3) is 0 Å². The molecule has 0 saturated carbocycles. The minimum Gasteiger partial charge on any atom is -0.508 e. The zero-order chi connectivity index (χ0) is 79.4. The minimum atomic E-state index is -2.09. The van der Waals surface area contributed by atoms with Crippen molar-refractivity contribution in [2.24, 2.45) is 58.1 Å². The van der Waals surface area contributed by atoms with E-state index in [1.54, 1.807) is 55.4 Å². The normalized spacial score (nSPS) is 14.8. The predicted molar refractivity (Wildman–Crippen MR) is 372 cm³/mol. The number of hydrogen-bond acceptors (Lipinski definition) is 24. The van der Waals surface area contributed by atoms with Gasteiger partial charge in [-0.3, -0.25) is 82.6 Å². The number of carboxylic acids is 4. The summed E-state index contributed by atoms with van der Waals surface area (Å²) in [5.74, 6) is -20.7. The van der Waals surface area contributed by atoms with Crippen LogP contribution in [0.4, 0.5) is 0 Å². The Morgan fingerprint density at radius 3 is 0.942 bits per heavy atom. The number of aromatic hydroxyl groups is 1. The summed E-state index contributed by atoms with van der Waals surface area (Å²) >= 11 is 0. The molecule has 1 aromatic rings. The van der Waals surface area contributed by atoms with Crippen molar-refractivity contribution < 1.29 is 102 Å². The van der Waals surface area contributed by atoms with E-state index in [9.17, 15) is 97.1 Å². The smallest absolute Gasteiger partial charge is 0.326 e. The summed E-state index contributed by atoms with van der Waals surface area (Å²) in [5.41, 5.74) is 33.8. The van der Waals surface area contributed by atoms with Crippen LogP contribution in [0.1, 0.15) is 145 Å². The van der Waals surface area contributed by atoms with Crippen molar-refractivity contribution in [2.75, 3.05) is 13.1 Å². The lowest BCUT2D eigenvalue weighted by Crippen LogP contribution is -2.61. The fourth-order valence-electron chi connectivity index (χ4n) is 10.2. The molecule has 0 radical (unpaired) electrons. The molecule has 1 aromatic carbocycles. The van der Waals surface area contributed by atoms with E-state index in [2.05, 4.69) is 63.8 Å². The molecule has 40 nitrogen and oxygen atoms in total. The number of carbonyl (C=O) groups excluding carboxylic acids is 12. The van der Waals surface area contributed by atoms with Gasteiger partial charge in [0.2, 0.25) is 70.9 Å². The van der Waals surface area contributed by atoms with Crippen molar-refractivity contribution in [3.05, 3.63) is 29.8 Å². The monoisotopic (exact) mass is 1480 g/mol. The van der Waals surface area contributed by atoms with E-state index in [0.29, 0.717) is 5.56 Å². The van der Waals surface area contributed by atoms with Crippen LogP contribution >= 0.6 is 0 Å². The highest BCUT2D eigenvalue weighted by Crippen LogP contribution is 2.17. The first-order valence-electron chi connectivity index (χ1n) is 33.9. The highest BCUT2D eigenvalue weighted by Gasteiger charge is 2.38. The number of carbonyl (C=O) groups is 16. The SMILES string of the molecule is CC(C)C[C@H](NC(=O)[C@H](C)NC(=O)[C@@H](N)CC(N)=O)C(=O)N[C@@H](CC(C)C)C(=O)N[C@@H](CCCNC(N)N)C(=O)N[C@@H](Cc1ccc(O)cc1)C(=O)N[C@@H](CC(C)C)C(=O)N[C@@H](CC(C)C)C(=O)N[C@@H](CC(=O)O)C(=O)N[C@@H](CCCNC(N)N)C(=O)N[C@@H](CC(=O)O)C(=O)N[C@@H](CC(=O)O)C(=O)O. The van der Waals surface area contributed by atoms with Gasteiger partial charge in [0.05, 0.1) is 31.7 Å². The number of nitrogens with two attached hydrogens (primary N) is 6. The molecule has 0 unspecified atom stereocenters. The molecule has 30 N–H and O–H groups in total. The second-order valence-electron chi connectivity index (χ2n) is 26.9. The molecular formula is C64H109N19O21. The summed E-state index contributed by atoms with van der Waals surface area (Å²) in [6, 6.07) is -14.0. The van der Waals surface area contributed by atoms with Crippen LogP contribution in [0.2, 0.25) is 0 Å². The van der Waals surface area contributed by atoms with Gasteiger partial charge in [0, 0.05) is 6.42 Å². The average Bonchev–Trinajstić information content (AvgIpc) is 0.853. The lowest BCUT2D eigenvalue weighted by molar-refractivity contribution is -0.148. The molecule has 0 fully saturated rings. The summed E-state index contributed by atoms with van der Waals surface area (Å²) < 4.78 is 0. The summed E-state index contributed by atoms with van der Waals surface area (Å²) in [6.07, 6.45) is -7.17. The van der Waals surface area contributed by atoms with E-state index >= 15 is 0 Å². The maximum Gasteiger partial charge on any atom is 0.326 e. The third kappa shape index (κ3) is 38.0. The fraction of sp³-hybridized carbons (Fsp3) is 0.656. The van der Waals surface area contributed by atoms with E-state index in [4.69, 9.17) is 39.5 Å². The minimum absolute atomic E-state index is 0.0118. The van der Waals surface area contributed by atoms with Crippen LogP contribution in [0.15, 0.2) is 24.3 Å². The summed E-state index contributed by atoms with van der Waals surface area (Å²) in [4.78, 5) is 213. The maximum absolute atomic E-state index is 14.9. The number of phenols is 1. The molecule has 0 spiro atoms. The summed E-state index contributed by atoms with van der Waals surface area (Å²) in [7, 11) is 0. The van der Waals surface area contributed by atoms with E-state index < -0.39 is 211 Å². The van der Waals surface area contributed by atoms with Gasteiger partial charge >= 0.3 is 23.9 Å². The van der Waals surface area contributed by atoms with Crippen molar-refractivity contribution in [3.8, 4) is 5.75 Å². The molecule has 0 aliphatic rings. The number of rotatable bonds is 51. The number of aliphatic carboxylic acids is 4. The van der Waals surface area contributed by atoms with Gasteiger partial charge < -0.3 is 118 Å². The zero-order valence-electron chi connectivity index (χ0n) is 60.0. The number of primary amides is 1. The predicted octanol–water partition coefficient (Wildman–Crippen LogP) is -6.68. The van der Waals surface area contributed by atoms with Crippen LogP contribution in [0.3, 0.4) is 0 Å². The standard InChI is InChI=1S/C64H109N19O21/c1-29(2)20-39(76-51(92)33(9)73-52(93)36(65)25-47(66)85)56(97)77-40(21-30(3)4)55(96)74-37(12-10-18-71-63(67)68)53(94)80-43(24-34-14-16-35(84)17-15-34)59(100)79-41(22-31(5)6)57(98)78-42(23-32(7)8)58(99)82-44(26-48(86)87)60(101)75-38(13-11-19-72-64(69)70)54(95)81-45(27-49(88)89)61(102)83-46(62(103)104)28-50(90)91/h14-17,29-33,36-46,63-64,71-72,84H,10-13,18-28,65,67-70H2,1-9H3,(H2,66,85)(H,73,93)(H,74,96)(H,75,101)(H,76,92)(H,77,97)(H,78,98)(H,79,100)(H,80,94)(H,81,95)(H,82,99)(H,83,102)(H,86,87)(H,88,89)(H,90,91)(H,103,104)/t33-,36-,37-,38-,39-,40-,41-,42-,43-,44-,45-,46-/m0/s1. The number of amides is 12. The molecule has 0 aliphatic heterocycles. The molecule has 0 aromatic heterocycles. The van der Waals surface area contributed by atoms with Crippen molar-refractivity contribution in [1.82, 2.24) is 69.1 Å². The zero-order valence-corrected chi connectivity index (χ0v) is 60.0. The molecule has 0 saturated heterocycles. The van der Waals surface area contributed by atoms with Crippen molar-refractivity contribution in [3.63, 3.8) is 0 Å². The first-order valence-corrected chi connectivity index (χ1v) is 33.9. The first-order chi connectivity index (χ1) is 48.4. The molecule has 12 amide bonds. The van der Waals surface area contributed by atoms with Crippen LogP contribution in [0.5, 0.6) is 5.75 Å². The Morgan fingerprint density at radius 1 is 0.346 bits per heavy atom. The second-order valence-corrected chi connectivity index (χ2v) is 26.9. The molecule has 0 aliphatic carbocycles. The van der Waals surface area contributed by atoms with E-state index in [1.165, 1.54) is 31.2 Å². The second kappa shape index (κ2) is 46.8. The molecular weight excluding hydrogens is 1370 g/mol. The number of phenolic OH excluding ortho intramolecular Hbond substituents is 1. The Balaban J connectivity index is 3.84. The van der Waals surface area contributed by atoms with Gasteiger partial charge in [-0.05, 0) is 113 Å². The number of carboxylic acid groups (broad SMARTS) is 4. The number of hydrogen-bond donors (Lipinski definition) is 24. The van der Waals surface area contributed by atoms with Crippen LogP contribution in [0, 0.1) is 23.7 Å². The third-order valence-electron chi connectivity index (χ3n) is 15.3. The Morgan fingerprint density at radius 2 is 0.625 bits per heavy atom. The average molecular weight is 1480 g/mol. The van der Waals surface area contributed by atoms with Crippen LogP contribution < -0.4 is 104 Å². The van der Waals surface area contributed by atoms with Crippen molar-refractivity contribution in [1.29, 1.82) is 0 Å². The van der Waals surface area contributed by atoms with Gasteiger partial charge in [-0.2, -0.15) is 0 Å². The van der Waals surface area contributed by atoms with Crippen LogP contribution in [-0.4, -0.2) is 218 Å². The maximum atomic E-state index is 14.9. The van der Waals surface area contributed by atoms with E-state index in [-0.39, 0.29) is 94.4 Å². The first kappa shape index (κ1) is 92.3.